The Morgan fingerprint density at radius 3 is 2.46 bits per heavy atom. The third kappa shape index (κ3) is 2.67. The van der Waals surface area contributed by atoms with Crippen molar-refractivity contribution in [1.82, 2.24) is 15.2 Å². The van der Waals surface area contributed by atoms with Crippen LogP contribution < -0.4 is 15.2 Å². The number of benzene rings is 1. The first kappa shape index (κ1) is 15.2. The van der Waals surface area contributed by atoms with Gasteiger partial charge in [0.2, 0.25) is 0 Å². The van der Waals surface area contributed by atoms with Crippen LogP contribution in [0.1, 0.15) is 16.8 Å². The smallest absolute Gasteiger partial charge is 0.135 e. The van der Waals surface area contributed by atoms with E-state index in [0.29, 0.717) is 39.2 Å². The summed E-state index contributed by atoms with van der Waals surface area (Å²) in [7, 11) is 3.15. The van der Waals surface area contributed by atoms with Gasteiger partial charge in [-0.2, -0.15) is 10.4 Å². The lowest BCUT2D eigenvalue weighted by molar-refractivity contribution is 0.394. The van der Waals surface area contributed by atoms with Gasteiger partial charge in [-0.3, -0.25) is 5.10 Å². The molecule has 0 amide bonds. The zero-order chi connectivity index (χ0) is 17.1. The van der Waals surface area contributed by atoms with E-state index >= 15 is 0 Å². The molecule has 0 saturated carbocycles. The van der Waals surface area contributed by atoms with Crippen molar-refractivity contribution in [3.8, 4) is 29.4 Å². The number of methoxy groups -OCH3 is 2. The molecule has 1 aromatic carbocycles. The molecule has 0 radical (unpaired) electrons. The Hall–Kier alpha value is -3.71. The summed E-state index contributed by atoms with van der Waals surface area (Å²) in [4.78, 5) is 4.01. The molecule has 0 spiro atoms. The number of aromatic nitrogens is 3. The average molecular weight is 319 g/mol. The first-order chi connectivity index (χ1) is 11.7. The number of nitrogens with one attached hydrogen (secondary N) is 1. The number of rotatable bonds is 2. The van der Waals surface area contributed by atoms with Gasteiger partial charge in [-0.25, -0.2) is 4.98 Å². The highest BCUT2D eigenvalue weighted by Gasteiger charge is 2.12. The number of pyridine rings is 1. The van der Waals surface area contributed by atoms with Crippen LogP contribution in [0.15, 0.2) is 24.4 Å². The van der Waals surface area contributed by atoms with Crippen LogP contribution in [0.2, 0.25) is 0 Å². The number of H-pyrrole nitrogens is 1. The van der Waals surface area contributed by atoms with E-state index in [9.17, 15) is 0 Å². The molecule has 0 bridgehead atoms. The third-order valence-electron chi connectivity index (χ3n) is 3.41. The Bertz CT molecular complexity index is 999. The van der Waals surface area contributed by atoms with Crippen molar-refractivity contribution in [2.24, 2.45) is 0 Å². The highest BCUT2D eigenvalue weighted by atomic mass is 16.5. The fourth-order valence-electron chi connectivity index (χ4n) is 2.23. The standard InChI is InChI=1S/C17H13N5O2/c1-23-12-5-10(6-13(7-12)24-2)3-4-14-15-16(22-21-14)11(8-18)9-20-17(15)19/h5-7,9H,1-2H3,(H2,19,20)(H,21,22). The fraction of sp³-hybridized carbons (Fsp3) is 0.118. The molecule has 0 aliphatic heterocycles. The maximum Gasteiger partial charge on any atom is 0.135 e. The van der Waals surface area contributed by atoms with Crippen LogP contribution in [0.5, 0.6) is 11.5 Å². The lowest BCUT2D eigenvalue weighted by Crippen LogP contribution is -1.93. The number of anilines is 1. The Labute approximate surface area is 138 Å². The monoisotopic (exact) mass is 319 g/mol. The highest BCUT2D eigenvalue weighted by Crippen LogP contribution is 2.24. The minimum Gasteiger partial charge on any atom is -0.497 e. The van der Waals surface area contributed by atoms with Crippen LogP contribution in [-0.2, 0) is 0 Å². The van der Waals surface area contributed by atoms with E-state index in [1.807, 2.05) is 6.07 Å². The van der Waals surface area contributed by atoms with Gasteiger partial charge in [0.05, 0.1) is 25.2 Å². The number of nitriles is 1. The Morgan fingerprint density at radius 1 is 1.12 bits per heavy atom. The second-order valence-electron chi connectivity index (χ2n) is 4.84. The van der Waals surface area contributed by atoms with Crippen LogP contribution in [0, 0.1) is 23.2 Å². The number of hydrogen-bond acceptors (Lipinski definition) is 6. The Balaban J connectivity index is 2.10. The molecule has 0 aliphatic carbocycles. The summed E-state index contributed by atoms with van der Waals surface area (Å²) in [6, 6.07) is 7.37. The van der Waals surface area contributed by atoms with Crippen molar-refractivity contribution in [3.05, 3.63) is 41.2 Å². The predicted octanol–water partition coefficient (Wildman–Crippen LogP) is 1.83. The van der Waals surface area contributed by atoms with Crippen LogP contribution in [-0.4, -0.2) is 29.4 Å². The van der Waals surface area contributed by atoms with Gasteiger partial charge in [0.25, 0.3) is 0 Å². The molecule has 7 heteroatoms. The van der Waals surface area contributed by atoms with E-state index in [-0.39, 0.29) is 5.82 Å². The summed E-state index contributed by atoms with van der Waals surface area (Å²) in [5.41, 5.74) is 7.89. The lowest BCUT2D eigenvalue weighted by atomic mass is 10.1. The van der Waals surface area contributed by atoms with Gasteiger partial charge in [-0.15, -0.1) is 0 Å². The maximum atomic E-state index is 9.11. The zero-order valence-corrected chi connectivity index (χ0v) is 13.0. The summed E-state index contributed by atoms with van der Waals surface area (Å²) in [6.45, 7) is 0. The maximum absolute atomic E-state index is 9.11. The topological polar surface area (TPSA) is 110 Å². The minimum absolute atomic E-state index is 0.269. The van der Waals surface area contributed by atoms with Crippen LogP contribution in [0.3, 0.4) is 0 Å². The van der Waals surface area contributed by atoms with Gasteiger partial charge < -0.3 is 15.2 Å². The van der Waals surface area contributed by atoms with Gasteiger partial charge in [0.15, 0.2) is 0 Å². The third-order valence-corrected chi connectivity index (χ3v) is 3.41. The molecule has 0 saturated heterocycles. The Morgan fingerprint density at radius 2 is 1.83 bits per heavy atom. The second-order valence-corrected chi connectivity index (χ2v) is 4.84. The molecular weight excluding hydrogens is 306 g/mol. The van der Waals surface area contributed by atoms with Crippen molar-refractivity contribution in [3.63, 3.8) is 0 Å². The molecule has 0 unspecified atom stereocenters. The summed E-state index contributed by atoms with van der Waals surface area (Å²) in [5, 5.41) is 16.6. The first-order valence-corrected chi connectivity index (χ1v) is 6.94. The highest BCUT2D eigenvalue weighted by molar-refractivity contribution is 5.95. The van der Waals surface area contributed by atoms with Crippen molar-refractivity contribution in [1.29, 1.82) is 5.26 Å². The molecule has 7 nitrogen and oxygen atoms in total. The van der Waals surface area contributed by atoms with E-state index in [2.05, 4.69) is 27.0 Å². The van der Waals surface area contributed by atoms with E-state index in [1.54, 1.807) is 32.4 Å². The first-order valence-electron chi connectivity index (χ1n) is 6.94. The van der Waals surface area contributed by atoms with Gasteiger partial charge in [-0.1, -0.05) is 5.92 Å². The van der Waals surface area contributed by atoms with Gasteiger partial charge in [0.1, 0.15) is 34.6 Å². The van der Waals surface area contributed by atoms with Gasteiger partial charge in [0, 0.05) is 17.8 Å². The Kier molecular flexibility index (Phi) is 3.92. The minimum atomic E-state index is 0.269. The molecule has 24 heavy (non-hydrogen) atoms. The van der Waals surface area contributed by atoms with E-state index in [1.165, 1.54) is 6.20 Å². The molecule has 3 rings (SSSR count). The normalized spacial score (nSPS) is 9.88. The molecular formula is C17H13N5O2. The SMILES string of the molecule is COc1cc(C#Cc2[nH]nc3c(C#N)cnc(N)c23)cc(OC)c1. The fourth-order valence-corrected chi connectivity index (χ4v) is 2.23. The van der Waals surface area contributed by atoms with Crippen molar-refractivity contribution in [2.45, 2.75) is 0 Å². The molecule has 3 aromatic rings. The molecule has 118 valence electrons. The van der Waals surface area contributed by atoms with Crippen molar-refractivity contribution >= 4 is 16.7 Å². The second kappa shape index (κ2) is 6.19. The largest absolute Gasteiger partial charge is 0.497 e. The predicted molar refractivity (Wildman–Crippen MR) is 88.5 cm³/mol. The van der Waals surface area contributed by atoms with Crippen molar-refractivity contribution in [2.75, 3.05) is 20.0 Å². The van der Waals surface area contributed by atoms with Crippen LogP contribution >= 0.6 is 0 Å². The summed E-state index contributed by atoms with van der Waals surface area (Å²) in [6.07, 6.45) is 1.39. The lowest BCUT2D eigenvalue weighted by Gasteiger charge is -2.04. The number of nitrogens with zero attached hydrogens (tertiary/aromatic N) is 3. The van der Waals surface area contributed by atoms with E-state index in [4.69, 9.17) is 20.5 Å². The number of aromatic amines is 1. The zero-order valence-electron chi connectivity index (χ0n) is 13.0. The summed E-state index contributed by atoms with van der Waals surface area (Å²) < 4.78 is 10.4. The molecule has 2 heterocycles. The number of ether oxygens (including phenoxy) is 2. The molecule has 0 atom stereocenters. The molecule has 2 aromatic heterocycles. The van der Waals surface area contributed by atoms with E-state index in [0.717, 1.165) is 0 Å². The summed E-state index contributed by atoms with van der Waals surface area (Å²) in [5.74, 6) is 7.52. The van der Waals surface area contributed by atoms with Crippen LogP contribution in [0.25, 0.3) is 10.9 Å². The van der Waals surface area contributed by atoms with Gasteiger partial charge in [-0.05, 0) is 18.1 Å². The number of nitrogen functional groups attached to an aromatic ring is 1. The average Bonchev–Trinajstić information content (AvgIpc) is 3.05. The number of nitrogens with two attached hydrogens (primary N) is 1. The number of hydrogen-bond donors (Lipinski definition) is 2. The van der Waals surface area contributed by atoms with Gasteiger partial charge >= 0.3 is 0 Å². The molecule has 3 N–H and O–H groups in total. The van der Waals surface area contributed by atoms with E-state index < -0.39 is 0 Å². The van der Waals surface area contributed by atoms with Crippen molar-refractivity contribution < 1.29 is 9.47 Å². The quantitative estimate of drug-likeness (QED) is 0.697. The molecule has 0 aliphatic rings. The van der Waals surface area contributed by atoms with Crippen LogP contribution in [0.4, 0.5) is 5.82 Å². The summed E-state index contributed by atoms with van der Waals surface area (Å²) >= 11 is 0. The molecule has 0 fully saturated rings. The number of fused-ring (bicyclic) bond motifs is 1.